The lowest BCUT2D eigenvalue weighted by atomic mass is 10.0. The molecule has 1 saturated heterocycles. The fourth-order valence-corrected chi connectivity index (χ4v) is 3.08. The summed E-state index contributed by atoms with van der Waals surface area (Å²) in [4.78, 5) is 30.5. The Morgan fingerprint density at radius 2 is 1.73 bits per heavy atom. The molecule has 1 aromatic carbocycles. The van der Waals surface area contributed by atoms with E-state index in [1.165, 1.54) is 5.56 Å². The highest BCUT2D eigenvalue weighted by Crippen LogP contribution is 2.13. The van der Waals surface area contributed by atoms with Gasteiger partial charge in [-0.2, -0.15) is 0 Å². The number of benzene rings is 1. The number of carbonyl (C=O) groups is 2. The molecule has 1 aliphatic heterocycles. The van der Waals surface area contributed by atoms with Crippen LogP contribution in [0.15, 0.2) is 54.7 Å². The number of amides is 2. The summed E-state index contributed by atoms with van der Waals surface area (Å²) in [5.41, 5.74) is 2.02. The van der Waals surface area contributed by atoms with Gasteiger partial charge in [-0.1, -0.05) is 36.4 Å². The Bertz CT molecular complexity index is 713. The first kappa shape index (κ1) is 18.1. The summed E-state index contributed by atoms with van der Waals surface area (Å²) in [7, 11) is 0. The number of hydrogen-bond donors (Lipinski definition) is 2. The monoisotopic (exact) mass is 352 g/mol. The Balaban J connectivity index is 1.38. The summed E-state index contributed by atoms with van der Waals surface area (Å²) < 4.78 is 0. The highest BCUT2D eigenvalue weighted by atomic mass is 16.2. The molecule has 0 spiro atoms. The van der Waals surface area contributed by atoms with E-state index < -0.39 is 11.8 Å². The van der Waals surface area contributed by atoms with E-state index in [2.05, 4.69) is 32.7 Å². The number of likely N-dealkylation sites (tertiary alicyclic amines) is 1. The smallest absolute Gasteiger partial charge is 0.309 e. The average Bonchev–Trinajstić information content (AvgIpc) is 2.69. The zero-order valence-electron chi connectivity index (χ0n) is 14.7. The molecule has 0 aliphatic carbocycles. The molecule has 0 atom stereocenters. The first-order valence-electron chi connectivity index (χ1n) is 8.95. The van der Waals surface area contributed by atoms with Gasteiger partial charge in [-0.3, -0.25) is 19.5 Å². The predicted molar refractivity (Wildman–Crippen MR) is 99.0 cm³/mol. The van der Waals surface area contributed by atoms with Crippen LogP contribution >= 0.6 is 0 Å². The normalized spacial score (nSPS) is 15.4. The van der Waals surface area contributed by atoms with Crippen LogP contribution in [0.2, 0.25) is 0 Å². The minimum Gasteiger partial charge on any atom is -0.345 e. The summed E-state index contributed by atoms with van der Waals surface area (Å²) >= 11 is 0. The lowest BCUT2D eigenvalue weighted by Crippen LogP contribution is -2.48. The zero-order valence-corrected chi connectivity index (χ0v) is 14.7. The van der Waals surface area contributed by atoms with Gasteiger partial charge < -0.3 is 10.6 Å². The third-order valence-corrected chi connectivity index (χ3v) is 4.53. The number of hydrogen-bond acceptors (Lipinski definition) is 4. The van der Waals surface area contributed by atoms with E-state index in [-0.39, 0.29) is 12.6 Å². The van der Waals surface area contributed by atoms with Gasteiger partial charge in [-0.05, 0) is 30.5 Å². The van der Waals surface area contributed by atoms with Crippen LogP contribution in [0.25, 0.3) is 0 Å². The minimum absolute atomic E-state index is 0.0510. The molecule has 136 valence electrons. The van der Waals surface area contributed by atoms with Crippen LogP contribution in [0.1, 0.15) is 24.1 Å². The number of carbonyl (C=O) groups excluding carboxylic acids is 2. The summed E-state index contributed by atoms with van der Waals surface area (Å²) in [5.74, 6) is -1.18. The van der Waals surface area contributed by atoms with Crippen molar-refractivity contribution < 1.29 is 9.59 Å². The van der Waals surface area contributed by atoms with Gasteiger partial charge in [0.05, 0.1) is 12.2 Å². The van der Waals surface area contributed by atoms with Crippen molar-refractivity contribution in [2.45, 2.75) is 32.0 Å². The van der Waals surface area contributed by atoms with Gasteiger partial charge in [0.2, 0.25) is 0 Å². The second-order valence-corrected chi connectivity index (χ2v) is 6.51. The van der Waals surface area contributed by atoms with Crippen LogP contribution in [0.3, 0.4) is 0 Å². The van der Waals surface area contributed by atoms with Crippen LogP contribution < -0.4 is 10.6 Å². The maximum atomic E-state index is 12.0. The SMILES string of the molecule is O=C(NCc1ccccn1)C(=O)NC1CCN(Cc2ccccc2)CC1. The molecule has 1 fully saturated rings. The van der Waals surface area contributed by atoms with Gasteiger partial charge in [0.15, 0.2) is 0 Å². The van der Waals surface area contributed by atoms with Crippen LogP contribution in [0.4, 0.5) is 0 Å². The lowest BCUT2D eigenvalue weighted by Gasteiger charge is -2.32. The molecule has 0 bridgehead atoms. The van der Waals surface area contributed by atoms with Gasteiger partial charge in [-0.25, -0.2) is 0 Å². The molecule has 26 heavy (non-hydrogen) atoms. The van der Waals surface area contributed by atoms with Crippen LogP contribution in [-0.4, -0.2) is 40.8 Å². The van der Waals surface area contributed by atoms with Crippen molar-refractivity contribution in [1.82, 2.24) is 20.5 Å². The number of piperidine rings is 1. The first-order valence-corrected chi connectivity index (χ1v) is 8.95. The maximum absolute atomic E-state index is 12.0. The Kier molecular flexibility index (Phi) is 6.33. The minimum atomic E-state index is -0.609. The molecule has 6 nitrogen and oxygen atoms in total. The Morgan fingerprint density at radius 1 is 1.00 bits per heavy atom. The van der Waals surface area contributed by atoms with E-state index in [1.807, 2.05) is 30.3 Å². The Morgan fingerprint density at radius 3 is 2.42 bits per heavy atom. The first-order chi connectivity index (χ1) is 12.7. The molecule has 2 aromatic rings. The molecule has 0 radical (unpaired) electrons. The van der Waals surface area contributed by atoms with Crippen LogP contribution in [0, 0.1) is 0 Å². The topological polar surface area (TPSA) is 74.3 Å². The van der Waals surface area contributed by atoms with Crippen molar-refractivity contribution in [3.63, 3.8) is 0 Å². The summed E-state index contributed by atoms with van der Waals surface area (Å²) in [5, 5.41) is 5.45. The second kappa shape index (κ2) is 9.10. The van der Waals surface area contributed by atoms with E-state index in [4.69, 9.17) is 0 Å². The van der Waals surface area contributed by atoms with Crippen LogP contribution in [-0.2, 0) is 22.7 Å². The van der Waals surface area contributed by atoms with Crippen molar-refractivity contribution in [1.29, 1.82) is 0 Å². The van der Waals surface area contributed by atoms with E-state index in [1.54, 1.807) is 12.3 Å². The molecule has 1 aliphatic rings. The van der Waals surface area contributed by atoms with Crippen molar-refractivity contribution in [2.75, 3.05) is 13.1 Å². The molecule has 2 N–H and O–H groups in total. The third-order valence-electron chi connectivity index (χ3n) is 4.53. The quantitative estimate of drug-likeness (QED) is 0.800. The molecule has 1 aromatic heterocycles. The molecule has 0 saturated carbocycles. The second-order valence-electron chi connectivity index (χ2n) is 6.51. The van der Waals surface area contributed by atoms with E-state index in [0.29, 0.717) is 0 Å². The molecular weight excluding hydrogens is 328 g/mol. The van der Waals surface area contributed by atoms with Gasteiger partial charge in [0.25, 0.3) is 0 Å². The Hall–Kier alpha value is -2.73. The third kappa shape index (κ3) is 5.39. The maximum Gasteiger partial charge on any atom is 0.309 e. The summed E-state index contributed by atoms with van der Waals surface area (Å²) in [6.07, 6.45) is 3.36. The standard InChI is InChI=1S/C20H24N4O2/c25-19(22-14-18-8-4-5-11-21-18)20(26)23-17-9-12-24(13-10-17)15-16-6-2-1-3-7-16/h1-8,11,17H,9-10,12-15H2,(H,22,25)(H,23,26). The number of pyridine rings is 1. The highest BCUT2D eigenvalue weighted by molar-refractivity contribution is 6.35. The molecular formula is C20H24N4O2. The van der Waals surface area contributed by atoms with Crippen molar-refractivity contribution in [2.24, 2.45) is 0 Å². The van der Waals surface area contributed by atoms with Crippen molar-refractivity contribution in [3.05, 3.63) is 66.0 Å². The molecule has 2 heterocycles. The molecule has 2 amide bonds. The molecule has 3 rings (SSSR count). The van der Waals surface area contributed by atoms with Crippen molar-refractivity contribution >= 4 is 11.8 Å². The summed E-state index contributed by atoms with van der Waals surface area (Å²) in [6, 6.07) is 15.9. The van der Waals surface area contributed by atoms with E-state index in [9.17, 15) is 9.59 Å². The lowest BCUT2D eigenvalue weighted by molar-refractivity contribution is -0.139. The van der Waals surface area contributed by atoms with E-state index in [0.717, 1.165) is 38.2 Å². The number of aromatic nitrogens is 1. The number of rotatable bonds is 5. The van der Waals surface area contributed by atoms with Gasteiger partial charge in [0.1, 0.15) is 0 Å². The van der Waals surface area contributed by atoms with Crippen LogP contribution in [0.5, 0.6) is 0 Å². The molecule has 0 unspecified atom stereocenters. The average molecular weight is 352 g/mol. The van der Waals surface area contributed by atoms with Gasteiger partial charge in [0, 0.05) is 31.9 Å². The highest BCUT2D eigenvalue weighted by Gasteiger charge is 2.23. The predicted octanol–water partition coefficient (Wildman–Crippen LogP) is 1.48. The van der Waals surface area contributed by atoms with Gasteiger partial charge >= 0.3 is 11.8 Å². The van der Waals surface area contributed by atoms with Crippen molar-refractivity contribution in [3.8, 4) is 0 Å². The number of nitrogens with zero attached hydrogens (tertiary/aromatic N) is 2. The van der Waals surface area contributed by atoms with Gasteiger partial charge in [-0.15, -0.1) is 0 Å². The molecule has 6 heteroatoms. The zero-order chi connectivity index (χ0) is 18.2. The van der Waals surface area contributed by atoms with E-state index >= 15 is 0 Å². The fourth-order valence-electron chi connectivity index (χ4n) is 3.08. The fraction of sp³-hybridized carbons (Fsp3) is 0.350. The Labute approximate surface area is 153 Å². The summed E-state index contributed by atoms with van der Waals surface area (Å²) in [6.45, 7) is 3.00. The number of nitrogens with one attached hydrogen (secondary N) is 2. The largest absolute Gasteiger partial charge is 0.345 e.